The van der Waals surface area contributed by atoms with E-state index >= 15 is 0 Å². The minimum absolute atomic E-state index is 0.807. The third kappa shape index (κ3) is 4.21. The first kappa shape index (κ1) is 28.8. The zero-order chi connectivity index (χ0) is 34.2. The van der Waals surface area contributed by atoms with E-state index in [9.17, 15) is 0 Å². The van der Waals surface area contributed by atoms with E-state index < -0.39 is 0 Å². The Labute approximate surface area is 299 Å². The highest BCUT2D eigenvalue weighted by atomic mass is 15.1. The summed E-state index contributed by atoms with van der Waals surface area (Å²) in [5, 5.41) is 7.29. The van der Waals surface area contributed by atoms with E-state index in [4.69, 9.17) is 9.97 Å². The molecule has 3 heterocycles. The molecule has 4 nitrogen and oxygen atoms in total. The summed E-state index contributed by atoms with van der Waals surface area (Å²) >= 11 is 0. The normalized spacial score (nSPS) is 11.8. The Balaban J connectivity index is 1.27. The van der Waals surface area contributed by atoms with Crippen molar-refractivity contribution in [3.8, 4) is 33.9 Å². The second-order valence-electron chi connectivity index (χ2n) is 13.4. The maximum Gasteiger partial charge on any atom is 0.165 e. The Bertz CT molecular complexity index is 3130. The summed E-state index contributed by atoms with van der Waals surface area (Å²) in [6.07, 6.45) is 0. The van der Waals surface area contributed by atoms with E-state index in [0.29, 0.717) is 0 Å². The van der Waals surface area contributed by atoms with Crippen molar-refractivity contribution in [3.63, 3.8) is 0 Å². The van der Waals surface area contributed by atoms with Crippen molar-refractivity contribution in [2.45, 2.75) is 0 Å². The maximum atomic E-state index is 5.46. The SMILES string of the molecule is c1ccc(-c2ccccc2-c2nc3ccccc3nc2-n2c3ccc(-n4c5ccccc5c5ccccc54)cc3c3c4ccccc4ccc32)cc1. The van der Waals surface area contributed by atoms with Crippen LogP contribution in [0.15, 0.2) is 182 Å². The number of hydrogen-bond donors (Lipinski definition) is 0. The molecule has 0 atom stereocenters. The molecular formula is C48H30N4. The van der Waals surface area contributed by atoms with Gasteiger partial charge in [0.2, 0.25) is 0 Å². The molecule has 0 saturated heterocycles. The number of benzene rings is 8. The Morgan fingerprint density at radius 2 is 0.942 bits per heavy atom. The predicted octanol–water partition coefficient (Wildman–Crippen LogP) is 12.3. The quantitative estimate of drug-likeness (QED) is 0.188. The van der Waals surface area contributed by atoms with E-state index in [1.807, 2.05) is 12.1 Å². The highest BCUT2D eigenvalue weighted by Gasteiger charge is 2.23. The van der Waals surface area contributed by atoms with Gasteiger partial charge in [0.15, 0.2) is 5.82 Å². The van der Waals surface area contributed by atoms with Gasteiger partial charge in [-0.3, -0.25) is 4.57 Å². The van der Waals surface area contributed by atoms with Crippen molar-refractivity contribution < 1.29 is 0 Å². The van der Waals surface area contributed by atoms with Gasteiger partial charge in [-0.05, 0) is 70.4 Å². The average Bonchev–Trinajstić information content (AvgIpc) is 3.73. The van der Waals surface area contributed by atoms with Crippen LogP contribution in [0.25, 0.3) is 99.3 Å². The summed E-state index contributed by atoms with van der Waals surface area (Å²) in [5.41, 5.74) is 11.5. The second kappa shape index (κ2) is 11.2. The molecular weight excluding hydrogens is 633 g/mol. The lowest BCUT2D eigenvalue weighted by Crippen LogP contribution is -2.04. The van der Waals surface area contributed by atoms with Crippen molar-refractivity contribution in [2.24, 2.45) is 0 Å². The fraction of sp³-hybridized carbons (Fsp3) is 0. The molecule has 4 heteroatoms. The fourth-order valence-electron chi connectivity index (χ4n) is 8.23. The first-order chi connectivity index (χ1) is 25.8. The molecule has 0 spiro atoms. The number of nitrogens with zero attached hydrogens (tertiary/aromatic N) is 4. The highest BCUT2D eigenvalue weighted by molar-refractivity contribution is 6.22. The van der Waals surface area contributed by atoms with Gasteiger partial charge in [-0.15, -0.1) is 0 Å². The summed E-state index contributed by atoms with van der Waals surface area (Å²) in [4.78, 5) is 10.9. The monoisotopic (exact) mass is 662 g/mol. The van der Waals surface area contributed by atoms with E-state index in [1.54, 1.807) is 0 Å². The van der Waals surface area contributed by atoms with Crippen LogP contribution < -0.4 is 0 Å². The van der Waals surface area contributed by atoms with Gasteiger partial charge in [-0.25, -0.2) is 9.97 Å². The van der Waals surface area contributed by atoms with Crippen LogP contribution >= 0.6 is 0 Å². The van der Waals surface area contributed by atoms with Gasteiger partial charge in [-0.1, -0.05) is 133 Å². The number of fused-ring (bicyclic) bond motifs is 9. The van der Waals surface area contributed by atoms with Gasteiger partial charge in [-0.2, -0.15) is 0 Å². The molecule has 0 saturated carbocycles. The molecule has 0 radical (unpaired) electrons. The lowest BCUT2D eigenvalue weighted by Gasteiger charge is -2.16. The molecule has 11 aromatic rings. The minimum Gasteiger partial charge on any atom is -0.309 e. The molecule has 0 amide bonds. The number of para-hydroxylation sites is 4. The van der Waals surface area contributed by atoms with Crippen LogP contribution in [0.5, 0.6) is 0 Å². The molecule has 0 aliphatic carbocycles. The van der Waals surface area contributed by atoms with Gasteiger partial charge < -0.3 is 4.57 Å². The Morgan fingerprint density at radius 3 is 1.71 bits per heavy atom. The topological polar surface area (TPSA) is 35.6 Å². The summed E-state index contributed by atoms with van der Waals surface area (Å²) in [7, 11) is 0. The van der Waals surface area contributed by atoms with Crippen LogP contribution in [-0.4, -0.2) is 19.1 Å². The van der Waals surface area contributed by atoms with Crippen molar-refractivity contribution in [1.82, 2.24) is 19.1 Å². The van der Waals surface area contributed by atoms with Gasteiger partial charge in [0, 0.05) is 32.8 Å². The molecule has 242 valence electrons. The molecule has 52 heavy (non-hydrogen) atoms. The van der Waals surface area contributed by atoms with E-state index in [1.165, 1.54) is 43.4 Å². The summed E-state index contributed by atoms with van der Waals surface area (Å²) in [6, 6.07) is 64.8. The lowest BCUT2D eigenvalue weighted by atomic mass is 9.97. The zero-order valence-electron chi connectivity index (χ0n) is 28.1. The van der Waals surface area contributed by atoms with Crippen molar-refractivity contribution in [2.75, 3.05) is 0 Å². The molecule has 8 aromatic carbocycles. The fourth-order valence-corrected chi connectivity index (χ4v) is 8.23. The van der Waals surface area contributed by atoms with Gasteiger partial charge >= 0.3 is 0 Å². The number of rotatable bonds is 4. The van der Waals surface area contributed by atoms with Crippen LogP contribution in [0.3, 0.4) is 0 Å². The second-order valence-corrected chi connectivity index (χ2v) is 13.4. The van der Waals surface area contributed by atoms with Crippen LogP contribution in [0.2, 0.25) is 0 Å². The first-order valence-electron chi connectivity index (χ1n) is 17.7. The lowest BCUT2D eigenvalue weighted by molar-refractivity contribution is 1.08. The molecule has 3 aromatic heterocycles. The molecule has 0 aliphatic rings. The Morgan fingerprint density at radius 1 is 0.365 bits per heavy atom. The third-order valence-corrected chi connectivity index (χ3v) is 10.5. The smallest absolute Gasteiger partial charge is 0.165 e. The van der Waals surface area contributed by atoms with E-state index in [-0.39, 0.29) is 0 Å². The molecule has 11 rings (SSSR count). The van der Waals surface area contributed by atoms with Crippen LogP contribution in [-0.2, 0) is 0 Å². The van der Waals surface area contributed by atoms with Crippen molar-refractivity contribution in [3.05, 3.63) is 182 Å². The number of aromatic nitrogens is 4. The van der Waals surface area contributed by atoms with Gasteiger partial charge in [0.05, 0.1) is 33.1 Å². The molecule has 0 aliphatic heterocycles. The number of hydrogen-bond acceptors (Lipinski definition) is 2. The molecule has 0 N–H and O–H groups in total. The van der Waals surface area contributed by atoms with Gasteiger partial charge in [0.1, 0.15) is 5.69 Å². The standard InChI is InChI=1S/C48H30N4/c1-2-14-31(15-3-1)34-17-6-7-21-38(34)47-48(50-41-23-11-10-22-40(41)49-47)52-44-29-27-33(30-39(44)46-35-18-5-4-16-32(35)26-28-45(46)52)51-42-24-12-8-19-36(42)37-20-9-13-25-43(37)51/h1-30H. The molecule has 0 unspecified atom stereocenters. The highest BCUT2D eigenvalue weighted by Crippen LogP contribution is 2.42. The van der Waals surface area contributed by atoms with Gasteiger partial charge in [0.25, 0.3) is 0 Å². The first-order valence-corrected chi connectivity index (χ1v) is 17.7. The summed E-state index contributed by atoms with van der Waals surface area (Å²) in [5.74, 6) is 0.807. The largest absolute Gasteiger partial charge is 0.309 e. The Kier molecular flexibility index (Phi) is 6.22. The molecule has 0 fully saturated rings. The third-order valence-electron chi connectivity index (χ3n) is 10.5. The zero-order valence-corrected chi connectivity index (χ0v) is 28.1. The van der Waals surface area contributed by atoms with E-state index in [2.05, 4.69) is 179 Å². The predicted molar refractivity (Wildman–Crippen MR) is 217 cm³/mol. The minimum atomic E-state index is 0.807. The van der Waals surface area contributed by atoms with Crippen molar-refractivity contribution in [1.29, 1.82) is 0 Å². The summed E-state index contributed by atoms with van der Waals surface area (Å²) in [6.45, 7) is 0. The average molecular weight is 663 g/mol. The van der Waals surface area contributed by atoms with Crippen LogP contribution in [0, 0.1) is 0 Å². The van der Waals surface area contributed by atoms with Crippen molar-refractivity contribution >= 4 is 65.4 Å². The molecule has 0 bridgehead atoms. The summed E-state index contributed by atoms with van der Waals surface area (Å²) < 4.78 is 4.74. The maximum absolute atomic E-state index is 5.46. The van der Waals surface area contributed by atoms with Crippen LogP contribution in [0.1, 0.15) is 0 Å². The van der Waals surface area contributed by atoms with Crippen LogP contribution in [0.4, 0.5) is 0 Å². The Hall–Kier alpha value is -7.04. The van der Waals surface area contributed by atoms with E-state index in [0.717, 1.165) is 56.0 Å².